The molecule has 2 N–H and O–H groups in total. The van der Waals surface area contributed by atoms with Gasteiger partial charge in [0.05, 0.1) is 19.2 Å². The lowest BCUT2D eigenvalue weighted by Crippen LogP contribution is -2.24. The van der Waals surface area contributed by atoms with Gasteiger partial charge in [-0.05, 0) is 38.5 Å². The zero-order valence-electron chi connectivity index (χ0n) is 13.1. The van der Waals surface area contributed by atoms with Gasteiger partial charge in [0.25, 0.3) is 5.56 Å². The van der Waals surface area contributed by atoms with Gasteiger partial charge in [0, 0.05) is 11.3 Å². The summed E-state index contributed by atoms with van der Waals surface area (Å²) in [6, 6.07) is 5.50. The molecule has 0 radical (unpaired) electrons. The van der Waals surface area contributed by atoms with Crippen LogP contribution in [0.15, 0.2) is 23.0 Å². The predicted octanol–water partition coefficient (Wildman–Crippen LogP) is 1.88. The summed E-state index contributed by atoms with van der Waals surface area (Å²) in [5, 5.41) is 2.78. The van der Waals surface area contributed by atoms with Gasteiger partial charge in [0.15, 0.2) is 0 Å². The first-order valence-electron chi connectivity index (χ1n) is 6.91. The van der Waals surface area contributed by atoms with Crippen molar-refractivity contribution in [2.45, 2.75) is 27.2 Å². The van der Waals surface area contributed by atoms with Gasteiger partial charge in [-0.15, -0.1) is 0 Å². The van der Waals surface area contributed by atoms with Gasteiger partial charge in [0.2, 0.25) is 5.91 Å². The Hall–Kier alpha value is -2.63. The Labute approximate surface area is 128 Å². The fourth-order valence-corrected chi connectivity index (χ4v) is 2.23. The Morgan fingerprint density at radius 3 is 2.68 bits per heavy atom. The number of H-pyrrole nitrogens is 1. The highest BCUT2D eigenvalue weighted by atomic mass is 16.5. The van der Waals surface area contributed by atoms with E-state index < -0.39 is 0 Å². The maximum atomic E-state index is 12.2. The molecule has 0 aliphatic carbocycles. The van der Waals surface area contributed by atoms with E-state index in [2.05, 4.69) is 15.3 Å². The number of hydrogen-bond donors (Lipinski definition) is 2. The van der Waals surface area contributed by atoms with Crippen molar-refractivity contribution in [3.8, 4) is 5.75 Å². The summed E-state index contributed by atoms with van der Waals surface area (Å²) in [6.45, 7) is 5.35. The largest absolute Gasteiger partial charge is 0.495 e. The second-order valence-electron chi connectivity index (χ2n) is 5.14. The predicted molar refractivity (Wildman–Crippen MR) is 84.4 cm³/mol. The van der Waals surface area contributed by atoms with E-state index in [1.165, 1.54) is 0 Å². The van der Waals surface area contributed by atoms with Crippen molar-refractivity contribution in [1.29, 1.82) is 0 Å². The molecule has 0 saturated heterocycles. The number of benzene rings is 1. The molecule has 2 aromatic rings. The average Bonchev–Trinajstić information content (AvgIpc) is 2.43. The number of anilines is 1. The maximum absolute atomic E-state index is 12.2. The summed E-state index contributed by atoms with van der Waals surface area (Å²) >= 11 is 0. The third-order valence-corrected chi connectivity index (χ3v) is 3.31. The Morgan fingerprint density at radius 1 is 1.32 bits per heavy atom. The van der Waals surface area contributed by atoms with Gasteiger partial charge in [-0.1, -0.05) is 6.07 Å². The molecule has 0 unspecified atom stereocenters. The monoisotopic (exact) mass is 301 g/mol. The van der Waals surface area contributed by atoms with Crippen molar-refractivity contribution in [3.63, 3.8) is 0 Å². The van der Waals surface area contributed by atoms with Crippen molar-refractivity contribution >= 4 is 11.6 Å². The summed E-state index contributed by atoms with van der Waals surface area (Å²) in [4.78, 5) is 30.9. The number of carbonyl (C=O) groups excluding carboxylic acids is 1. The zero-order chi connectivity index (χ0) is 16.3. The van der Waals surface area contributed by atoms with Crippen LogP contribution in [0.25, 0.3) is 0 Å². The minimum Gasteiger partial charge on any atom is -0.495 e. The number of ether oxygens (including phenoxy) is 1. The first kappa shape index (κ1) is 15.8. The van der Waals surface area contributed by atoms with E-state index in [0.29, 0.717) is 28.5 Å². The fourth-order valence-electron chi connectivity index (χ4n) is 2.23. The molecule has 0 saturated carbocycles. The van der Waals surface area contributed by atoms with E-state index >= 15 is 0 Å². The molecule has 22 heavy (non-hydrogen) atoms. The number of aromatic nitrogens is 2. The normalized spacial score (nSPS) is 10.4. The number of carbonyl (C=O) groups is 1. The molecule has 0 aliphatic heterocycles. The van der Waals surface area contributed by atoms with Crippen LogP contribution in [0.4, 0.5) is 5.69 Å². The molecular weight excluding hydrogens is 282 g/mol. The number of nitrogens with zero attached hydrogens (tertiary/aromatic N) is 1. The van der Waals surface area contributed by atoms with E-state index in [9.17, 15) is 9.59 Å². The maximum Gasteiger partial charge on any atom is 0.254 e. The highest BCUT2D eigenvalue weighted by Gasteiger charge is 2.13. The third kappa shape index (κ3) is 3.52. The Bertz CT molecular complexity index is 766. The molecule has 6 heteroatoms. The number of methoxy groups -OCH3 is 1. The molecule has 0 fully saturated rings. The lowest BCUT2D eigenvalue weighted by molar-refractivity contribution is -0.115. The number of aromatic amines is 1. The van der Waals surface area contributed by atoms with E-state index in [4.69, 9.17) is 4.74 Å². The van der Waals surface area contributed by atoms with Crippen molar-refractivity contribution < 1.29 is 9.53 Å². The molecule has 0 aliphatic rings. The number of aryl methyl sites for hydroxylation is 3. The number of nitrogens with one attached hydrogen (secondary N) is 2. The van der Waals surface area contributed by atoms with Gasteiger partial charge in [-0.3, -0.25) is 9.59 Å². The van der Waals surface area contributed by atoms with Gasteiger partial charge >= 0.3 is 0 Å². The van der Waals surface area contributed by atoms with Crippen LogP contribution in [0, 0.1) is 20.8 Å². The number of hydrogen-bond acceptors (Lipinski definition) is 4. The van der Waals surface area contributed by atoms with E-state index in [-0.39, 0.29) is 17.9 Å². The SMILES string of the molecule is COc1ccc(C)cc1NC(=O)Cc1c(C)nc(C)[nH]c1=O. The van der Waals surface area contributed by atoms with Gasteiger partial charge in [-0.25, -0.2) is 4.98 Å². The molecule has 1 aromatic carbocycles. The second-order valence-corrected chi connectivity index (χ2v) is 5.14. The van der Waals surface area contributed by atoms with Crippen molar-refractivity contribution in [2.24, 2.45) is 0 Å². The zero-order valence-corrected chi connectivity index (χ0v) is 13.1. The third-order valence-electron chi connectivity index (χ3n) is 3.31. The van der Waals surface area contributed by atoms with Crippen molar-refractivity contribution in [1.82, 2.24) is 9.97 Å². The van der Waals surface area contributed by atoms with Crippen LogP contribution in [-0.4, -0.2) is 23.0 Å². The Kier molecular flexibility index (Phi) is 4.60. The molecule has 116 valence electrons. The number of amides is 1. The van der Waals surface area contributed by atoms with Crippen LogP contribution in [0.3, 0.4) is 0 Å². The van der Waals surface area contributed by atoms with Gasteiger partial charge < -0.3 is 15.0 Å². The summed E-state index contributed by atoms with van der Waals surface area (Å²) in [7, 11) is 1.54. The summed E-state index contributed by atoms with van der Waals surface area (Å²) in [5.74, 6) is 0.821. The first-order chi connectivity index (χ1) is 10.4. The van der Waals surface area contributed by atoms with Crippen molar-refractivity contribution in [2.75, 3.05) is 12.4 Å². The minimum atomic E-state index is -0.289. The summed E-state index contributed by atoms with van der Waals surface area (Å²) < 4.78 is 5.22. The van der Waals surface area contributed by atoms with Crippen molar-refractivity contribution in [3.05, 3.63) is 51.2 Å². The lowest BCUT2D eigenvalue weighted by Gasteiger charge is -2.11. The van der Waals surface area contributed by atoms with Crippen LogP contribution < -0.4 is 15.6 Å². The minimum absolute atomic E-state index is 0.0362. The van der Waals surface area contributed by atoms with Crippen LogP contribution >= 0.6 is 0 Å². The Balaban J connectivity index is 2.21. The second kappa shape index (κ2) is 6.43. The number of rotatable bonds is 4. The first-order valence-corrected chi connectivity index (χ1v) is 6.91. The highest BCUT2D eigenvalue weighted by Crippen LogP contribution is 2.25. The van der Waals surface area contributed by atoms with E-state index in [1.807, 2.05) is 19.1 Å². The summed E-state index contributed by atoms with van der Waals surface area (Å²) in [6.07, 6.45) is -0.0362. The molecule has 0 spiro atoms. The van der Waals surface area contributed by atoms with E-state index in [0.717, 1.165) is 5.56 Å². The molecule has 0 bridgehead atoms. The van der Waals surface area contributed by atoms with E-state index in [1.54, 1.807) is 27.0 Å². The lowest BCUT2D eigenvalue weighted by atomic mass is 10.1. The van der Waals surface area contributed by atoms with Crippen LogP contribution in [-0.2, 0) is 11.2 Å². The highest BCUT2D eigenvalue weighted by molar-refractivity contribution is 5.93. The molecule has 1 amide bonds. The molecular formula is C16H19N3O3. The van der Waals surface area contributed by atoms with Gasteiger partial charge in [0.1, 0.15) is 11.6 Å². The van der Waals surface area contributed by atoms with Crippen LogP contribution in [0.5, 0.6) is 5.75 Å². The topological polar surface area (TPSA) is 84.1 Å². The summed E-state index contributed by atoms with van der Waals surface area (Å²) in [5.41, 5.74) is 2.24. The molecule has 2 rings (SSSR count). The quantitative estimate of drug-likeness (QED) is 0.903. The van der Waals surface area contributed by atoms with Crippen LogP contribution in [0.2, 0.25) is 0 Å². The molecule has 6 nitrogen and oxygen atoms in total. The molecule has 1 heterocycles. The Morgan fingerprint density at radius 2 is 2.05 bits per heavy atom. The average molecular weight is 301 g/mol. The smallest absolute Gasteiger partial charge is 0.254 e. The van der Waals surface area contributed by atoms with Crippen LogP contribution in [0.1, 0.15) is 22.6 Å². The fraction of sp³-hybridized carbons (Fsp3) is 0.312. The molecule has 1 aromatic heterocycles. The molecule has 0 atom stereocenters. The standard InChI is InChI=1S/C16H19N3O3/c1-9-5-6-14(22-4)13(7-9)19-15(20)8-12-10(2)17-11(3)18-16(12)21/h5-7H,8H2,1-4H3,(H,19,20)(H,17,18,21). The van der Waals surface area contributed by atoms with Gasteiger partial charge in [-0.2, -0.15) is 0 Å².